The molecule has 0 spiro atoms. The van der Waals surface area contributed by atoms with E-state index >= 15 is 0 Å². The number of ether oxygens (including phenoxy) is 2. The van der Waals surface area contributed by atoms with Crippen LogP contribution in [0.1, 0.15) is 6.92 Å². The van der Waals surface area contributed by atoms with Gasteiger partial charge in [-0.25, -0.2) is 4.79 Å². The fourth-order valence-corrected chi connectivity index (χ4v) is 2.67. The minimum atomic E-state index is -8.77. The molecule has 1 N–H and O–H groups in total. The molecule has 0 radical (unpaired) electrons. The lowest BCUT2D eigenvalue weighted by atomic mass is 9.88. The highest BCUT2D eigenvalue weighted by atomic mass is 19.4. The molecule has 1 rings (SSSR count). The van der Waals surface area contributed by atoms with Crippen LogP contribution in [0, 0.1) is 0 Å². The molecule has 41 heavy (non-hydrogen) atoms. The fourth-order valence-electron chi connectivity index (χ4n) is 2.67. The molecule has 0 fully saturated rings. The molecule has 0 aliphatic rings. The highest BCUT2D eigenvalue weighted by Crippen LogP contribution is 2.64. The summed E-state index contributed by atoms with van der Waals surface area (Å²) in [4.78, 5) is 11.6. The summed E-state index contributed by atoms with van der Waals surface area (Å²) in [6.07, 6.45) is -8.62. The van der Waals surface area contributed by atoms with Crippen LogP contribution in [-0.2, 0) is 9.53 Å². The highest BCUT2D eigenvalue weighted by Gasteiger charge is 2.95. The van der Waals surface area contributed by atoms with Crippen LogP contribution in [0.5, 0.6) is 5.75 Å². The summed E-state index contributed by atoms with van der Waals surface area (Å²) >= 11 is 0. The van der Waals surface area contributed by atoms with Crippen molar-refractivity contribution in [3.63, 3.8) is 0 Å². The van der Waals surface area contributed by atoms with Gasteiger partial charge in [0.15, 0.2) is 0 Å². The number of carbonyl (C=O) groups is 1. The Morgan fingerprint density at radius 3 is 1.44 bits per heavy atom. The van der Waals surface area contributed by atoms with Gasteiger partial charge in [0.25, 0.3) is 0 Å². The molecule has 1 aromatic rings. The quantitative estimate of drug-likeness (QED) is 0.146. The lowest BCUT2D eigenvalue weighted by molar-refractivity contribution is -0.460. The maximum atomic E-state index is 14.7. The van der Waals surface area contributed by atoms with Gasteiger partial charge in [-0.3, -0.25) is 0 Å². The van der Waals surface area contributed by atoms with Gasteiger partial charge < -0.3 is 14.8 Å². The van der Waals surface area contributed by atoms with Crippen LogP contribution in [-0.4, -0.2) is 67.3 Å². The van der Waals surface area contributed by atoms with E-state index in [-0.39, 0.29) is 5.75 Å². The zero-order chi connectivity index (χ0) is 32.7. The van der Waals surface area contributed by atoms with Gasteiger partial charge in [0.2, 0.25) is 0 Å². The molecule has 0 saturated carbocycles. The minimum Gasteiger partial charge on any atom is -0.497 e. The second kappa shape index (κ2) is 10.9. The van der Waals surface area contributed by atoms with Gasteiger partial charge in [0.1, 0.15) is 5.75 Å². The third-order valence-corrected chi connectivity index (χ3v) is 4.98. The van der Waals surface area contributed by atoms with Crippen molar-refractivity contribution >= 4 is 11.7 Å². The summed E-state index contributed by atoms with van der Waals surface area (Å²) in [5, 5.41) is 1.19. The van der Waals surface area contributed by atoms with Crippen molar-refractivity contribution in [3.05, 3.63) is 36.0 Å². The number of hydrogen-bond acceptors (Lipinski definition) is 4. The second-order valence-electron chi connectivity index (χ2n) is 7.68. The SMILES string of the molecule is CCOC(=O)/C=C(/Nc1ccc(OC)cc1)C(F)(F)C(F)(F)C(F)(F)C(F)(F)C(F)(F)C(F)(F)C(F)(F)C(F)(F)F. The van der Waals surface area contributed by atoms with Crippen LogP contribution >= 0.6 is 0 Å². The summed E-state index contributed by atoms with van der Waals surface area (Å²) < 4.78 is 240. The van der Waals surface area contributed by atoms with Gasteiger partial charge in [-0.2, -0.15) is 74.6 Å². The standard InChI is InChI=1S/C20H14F17NO3/c1-3-41-12(39)8-11(38-9-4-6-10(40-2)7-5-9)13(21,22)14(23,24)15(25,26)16(27,28)17(29,30)18(31,32)19(33,34)20(35,36)37/h4-8,38H,3H2,1-2H3/b11-8+. The second-order valence-corrected chi connectivity index (χ2v) is 7.68. The van der Waals surface area contributed by atoms with E-state index in [9.17, 15) is 79.4 Å². The molecule has 0 atom stereocenters. The third-order valence-electron chi connectivity index (χ3n) is 4.98. The normalized spacial score (nSPS) is 15.0. The molecule has 1 aromatic carbocycles. The number of rotatable bonds is 12. The first-order valence-corrected chi connectivity index (χ1v) is 10.1. The largest absolute Gasteiger partial charge is 0.497 e. The maximum Gasteiger partial charge on any atom is 0.460 e. The minimum absolute atomic E-state index is 0.0615. The Morgan fingerprint density at radius 1 is 0.683 bits per heavy atom. The van der Waals surface area contributed by atoms with E-state index in [0.717, 1.165) is 26.2 Å². The Balaban J connectivity index is 3.81. The summed E-state index contributed by atoms with van der Waals surface area (Å²) in [5.74, 6) is -60.1. The van der Waals surface area contributed by atoms with E-state index in [0.29, 0.717) is 12.1 Å². The number of allylic oxidation sites excluding steroid dienone is 1. The Labute approximate surface area is 217 Å². The summed E-state index contributed by atoms with van der Waals surface area (Å²) in [7, 11) is 1.06. The van der Waals surface area contributed by atoms with Crippen LogP contribution in [0.4, 0.5) is 80.3 Å². The fraction of sp³-hybridized carbons (Fsp3) is 0.550. The van der Waals surface area contributed by atoms with Gasteiger partial charge in [0.05, 0.1) is 19.4 Å². The molecular weight excluding hydrogens is 625 g/mol. The molecule has 236 valence electrons. The van der Waals surface area contributed by atoms with E-state index in [4.69, 9.17) is 0 Å². The zero-order valence-corrected chi connectivity index (χ0v) is 19.7. The number of esters is 1. The number of hydrogen-bond donors (Lipinski definition) is 1. The number of anilines is 1. The molecular formula is C20H14F17NO3. The summed E-state index contributed by atoms with van der Waals surface area (Å²) in [6.45, 7) is 0.277. The lowest BCUT2D eigenvalue weighted by Crippen LogP contribution is -2.74. The molecule has 0 heterocycles. The number of nitrogens with one attached hydrogen (secondary N) is 1. The van der Waals surface area contributed by atoms with Gasteiger partial charge in [-0.05, 0) is 31.2 Å². The van der Waals surface area contributed by atoms with Crippen LogP contribution in [0.2, 0.25) is 0 Å². The number of benzene rings is 1. The van der Waals surface area contributed by atoms with Crippen molar-refractivity contribution in [3.8, 4) is 5.75 Å². The zero-order valence-electron chi connectivity index (χ0n) is 19.7. The predicted octanol–water partition coefficient (Wildman–Crippen LogP) is 7.56. The molecule has 21 heteroatoms. The number of alkyl halides is 17. The Bertz CT molecular complexity index is 1110. The third kappa shape index (κ3) is 5.67. The van der Waals surface area contributed by atoms with Gasteiger partial charge >= 0.3 is 53.6 Å². The summed E-state index contributed by atoms with van der Waals surface area (Å²) in [5.41, 5.74) is -3.66. The maximum absolute atomic E-state index is 14.7. The monoisotopic (exact) mass is 639 g/mol. The van der Waals surface area contributed by atoms with E-state index < -0.39 is 77.7 Å². The number of methoxy groups -OCH3 is 1. The average Bonchev–Trinajstić information content (AvgIpc) is 2.82. The average molecular weight is 639 g/mol. The topological polar surface area (TPSA) is 47.6 Å². The Hall–Kier alpha value is -3.16. The molecule has 4 nitrogen and oxygen atoms in total. The van der Waals surface area contributed by atoms with Crippen molar-refractivity contribution < 1.29 is 88.9 Å². The first-order chi connectivity index (χ1) is 18.1. The molecule has 0 unspecified atom stereocenters. The van der Waals surface area contributed by atoms with Crippen LogP contribution in [0.25, 0.3) is 0 Å². The van der Waals surface area contributed by atoms with E-state index in [1.54, 1.807) is 0 Å². The molecule has 0 saturated heterocycles. The molecule has 0 bridgehead atoms. The van der Waals surface area contributed by atoms with Crippen LogP contribution in [0.3, 0.4) is 0 Å². The smallest absolute Gasteiger partial charge is 0.460 e. The number of halogens is 17. The molecule has 0 aromatic heterocycles. The van der Waals surface area contributed by atoms with Gasteiger partial charge in [-0.1, -0.05) is 0 Å². The predicted molar refractivity (Wildman–Crippen MR) is 102 cm³/mol. The molecule has 0 aliphatic carbocycles. The first-order valence-electron chi connectivity index (χ1n) is 10.1. The van der Waals surface area contributed by atoms with E-state index in [2.05, 4.69) is 9.47 Å². The molecule has 0 amide bonds. The van der Waals surface area contributed by atoms with Crippen molar-refractivity contribution in [2.75, 3.05) is 19.0 Å². The van der Waals surface area contributed by atoms with Crippen molar-refractivity contribution in [1.29, 1.82) is 0 Å². The lowest BCUT2D eigenvalue weighted by Gasteiger charge is -2.43. The van der Waals surface area contributed by atoms with E-state index in [1.807, 2.05) is 0 Å². The summed E-state index contributed by atoms with van der Waals surface area (Å²) in [6, 6.07) is 3.08. The Kier molecular flexibility index (Phi) is 9.55. The van der Waals surface area contributed by atoms with Gasteiger partial charge in [0, 0.05) is 11.8 Å². The van der Waals surface area contributed by atoms with Crippen molar-refractivity contribution in [1.82, 2.24) is 0 Å². The Morgan fingerprint density at radius 2 is 1.07 bits per heavy atom. The highest BCUT2D eigenvalue weighted by molar-refractivity contribution is 5.84. The van der Waals surface area contributed by atoms with Crippen LogP contribution < -0.4 is 10.1 Å². The molecule has 0 aliphatic heterocycles. The first kappa shape index (κ1) is 35.9. The van der Waals surface area contributed by atoms with Crippen molar-refractivity contribution in [2.45, 2.75) is 54.6 Å². The van der Waals surface area contributed by atoms with Gasteiger partial charge in [-0.15, -0.1) is 0 Å². The van der Waals surface area contributed by atoms with E-state index in [1.165, 1.54) is 5.32 Å². The number of carbonyl (C=O) groups excluding carboxylic acids is 1. The van der Waals surface area contributed by atoms with Crippen LogP contribution in [0.15, 0.2) is 36.0 Å². The van der Waals surface area contributed by atoms with Crippen molar-refractivity contribution in [2.24, 2.45) is 0 Å².